The van der Waals surface area contributed by atoms with Crippen molar-refractivity contribution in [3.05, 3.63) is 46.9 Å². The number of carbonyl (C=O) groups is 1. The predicted molar refractivity (Wildman–Crippen MR) is 134 cm³/mol. The van der Waals surface area contributed by atoms with Crippen molar-refractivity contribution in [2.24, 2.45) is 11.7 Å². The van der Waals surface area contributed by atoms with Gasteiger partial charge in [-0.1, -0.05) is 15.9 Å². The molecule has 3 N–H and O–H groups in total. The smallest absolute Gasteiger partial charge is 0.409 e. The maximum atomic E-state index is 14.3. The van der Waals surface area contributed by atoms with Gasteiger partial charge in [0.1, 0.15) is 24.6 Å². The van der Waals surface area contributed by atoms with Gasteiger partial charge in [-0.25, -0.2) is 19.2 Å². The second kappa shape index (κ2) is 11.5. The molecule has 3 aromatic rings. The minimum atomic E-state index is -0.406. The molecule has 1 saturated heterocycles. The number of carbonyl (C=O) groups excluding carboxylic acids is 1. The predicted octanol–water partition coefficient (Wildman–Crippen LogP) is 4.47. The van der Waals surface area contributed by atoms with Gasteiger partial charge in [-0.2, -0.15) is 0 Å². The van der Waals surface area contributed by atoms with E-state index in [0.717, 1.165) is 12.8 Å². The highest BCUT2D eigenvalue weighted by Gasteiger charge is 2.24. The first-order valence-electron chi connectivity index (χ1n) is 11.3. The molecule has 1 aromatic heterocycles. The number of ether oxygens (including phenoxy) is 3. The van der Waals surface area contributed by atoms with Gasteiger partial charge >= 0.3 is 6.09 Å². The average molecular weight is 548 g/mol. The number of nitrogens with two attached hydrogens (primary N) is 1. The van der Waals surface area contributed by atoms with Crippen LogP contribution in [0.4, 0.5) is 20.7 Å². The summed E-state index contributed by atoms with van der Waals surface area (Å²) < 4.78 is 31.7. The second-order valence-corrected chi connectivity index (χ2v) is 9.05. The summed E-state index contributed by atoms with van der Waals surface area (Å²) in [4.78, 5) is 22.3. The fourth-order valence-corrected chi connectivity index (χ4v) is 4.21. The van der Waals surface area contributed by atoms with Crippen LogP contribution in [0.15, 0.2) is 41.1 Å². The number of anilines is 2. The van der Waals surface area contributed by atoms with Crippen LogP contribution in [0, 0.1) is 11.7 Å². The molecule has 186 valence electrons. The number of amides is 1. The molecule has 2 heterocycles. The maximum absolute atomic E-state index is 14.3. The van der Waals surface area contributed by atoms with Gasteiger partial charge in [0.2, 0.25) is 0 Å². The Bertz CT molecular complexity index is 1190. The quantitative estimate of drug-likeness (QED) is 0.424. The van der Waals surface area contributed by atoms with E-state index in [4.69, 9.17) is 19.9 Å². The van der Waals surface area contributed by atoms with E-state index in [1.807, 2.05) is 0 Å². The third-order valence-electron chi connectivity index (χ3n) is 5.80. The molecule has 0 aliphatic carbocycles. The maximum Gasteiger partial charge on any atom is 0.409 e. The Morgan fingerprint density at radius 3 is 2.74 bits per heavy atom. The van der Waals surface area contributed by atoms with Crippen molar-refractivity contribution in [2.45, 2.75) is 12.8 Å². The SMILES string of the molecule is COc1cc2c(Nc3ccc(Br)cc3F)ncnc2cc1OCC1CCN(C(=O)OCCN)CC1. The molecule has 4 rings (SSSR count). The lowest BCUT2D eigenvalue weighted by Crippen LogP contribution is -2.40. The van der Waals surface area contributed by atoms with E-state index in [9.17, 15) is 9.18 Å². The molecule has 35 heavy (non-hydrogen) atoms. The number of nitrogens with zero attached hydrogens (tertiary/aromatic N) is 3. The van der Waals surface area contributed by atoms with Crippen LogP contribution in [0.3, 0.4) is 0 Å². The zero-order valence-corrected chi connectivity index (χ0v) is 20.9. The number of fused-ring (bicyclic) bond motifs is 1. The topological polar surface area (TPSA) is 112 Å². The van der Waals surface area contributed by atoms with Gasteiger partial charge in [-0.05, 0) is 43.0 Å². The second-order valence-electron chi connectivity index (χ2n) is 8.14. The first-order chi connectivity index (χ1) is 17.0. The highest BCUT2D eigenvalue weighted by Crippen LogP contribution is 2.36. The van der Waals surface area contributed by atoms with Gasteiger partial charge in [0.15, 0.2) is 11.5 Å². The Morgan fingerprint density at radius 2 is 2.03 bits per heavy atom. The summed E-state index contributed by atoms with van der Waals surface area (Å²) in [6.07, 6.45) is 2.71. The van der Waals surface area contributed by atoms with Crippen molar-refractivity contribution in [1.29, 1.82) is 0 Å². The van der Waals surface area contributed by atoms with Gasteiger partial charge in [-0.3, -0.25) is 0 Å². The summed E-state index contributed by atoms with van der Waals surface area (Å²) in [5.41, 5.74) is 6.31. The molecule has 11 heteroatoms. The summed E-state index contributed by atoms with van der Waals surface area (Å²) in [5.74, 6) is 1.42. The van der Waals surface area contributed by atoms with Crippen molar-refractivity contribution in [2.75, 3.05) is 45.3 Å². The zero-order valence-electron chi connectivity index (χ0n) is 19.3. The van der Waals surface area contributed by atoms with E-state index < -0.39 is 5.82 Å². The third kappa shape index (κ3) is 6.09. The van der Waals surface area contributed by atoms with Crippen molar-refractivity contribution in [3.8, 4) is 11.5 Å². The first kappa shape index (κ1) is 24.9. The number of hydrogen-bond acceptors (Lipinski definition) is 8. The number of hydrogen-bond donors (Lipinski definition) is 2. The number of aromatic nitrogens is 2. The van der Waals surface area contributed by atoms with Crippen LogP contribution >= 0.6 is 15.9 Å². The minimum Gasteiger partial charge on any atom is -0.493 e. The van der Waals surface area contributed by atoms with E-state index in [1.54, 1.807) is 36.3 Å². The lowest BCUT2D eigenvalue weighted by Gasteiger charge is -2.31. The van der Waals surface area contributed by atoms with Crippen molar-refractivity contribution >= 4 is 44.4 Å². The molecule has 1 fully saturated rings. The van der Waals surface area contributed by atoms with Gasteiger partial charge in [0.25, 0.3) is 0 Å². The minimum absolute atomic E-state index is 0.225. The molecule has 0 radical (unpaired) electrons. The Balaban J connectivity index is 1.44. The van der Waals surface area contributed by atoms with E-state index in [1.165, 1.54) is 12.4 Å². The number of benzene rings is 2. The number of piperidine rings is 1. The van der Waals surface area contributed by atoms with Crippen molar-refractivity contribution < 1.29 is 23.4 Å². The van der Waals surface area contributed by atoms with E-state index in [-0.39, 0.29) is 18.6 Å². The highest BCUT2D eigenvalue weighted by atomic mass is 79.9. The monoisotopic (exact) mass is 547 g/mol. The van der Waals surface area contributed by atoms with Gasteiger partial charge in [0, 0.05) is 35.6 Å². The standard InChI is InChI=1S/C24H27BrFN5O4/c1-33-21-11-17-20(28-14-29-23(17)30-19-3-2-16(25)10-18(19)26)12-22(21)35-13-15-4-7-31(8-5-15)24(32)34-9-6-27/h2-3,10-12,14-15H,4-9,13,27H2,1H3,(H,28,29,30). The van der Waals surface area contributed by atoms with Gasteiger partial charge in [0.05, 0.1) is 24.9 Å². The van der Waals surface area contributed by atoms with Crippen LogP contribution in [-0.2, 0) is 4.74 Å². The van der Waals surface area contributed by atoms with Crippen LogP contribution in [0.25, 0.3) is 10.9 Å². The molecule has 1 amide bonds. The van der Waals surface area contributed by atoms with Crippen LogP contribution < -0.4 is 20.5 Å². The van der Waals surface area contributed by atoms with Gasteiger partial charge < -0.3 is 30.2 Å². The van der Waals surface area contributed by atoms with Crippen LogP contribution in [0.5, 0.6) is 11.5 Å². The van der Waals surface area contributed by atoms with Crippen molar-refractivity contribution in [3.63, 3.8) is 0 Å². The number of likely N-dealkylation sites (tertiary alicyclic amines) is 1. The molecule has 2 aromatic carbocycles. The highest BCUT2D eigenvalue weighted by molar-refractivity contribution is 9.10. The number of nitrogens with one attached hydrogen (secondary N) is 1. The number of methoxy groups -OCH3 is 1. The molecular formula is C24H27BrFN5O4. The molecular weight excluding hydrogens is 521 g/mol. The molecule has 1 aliphatic heterocycles. The molecule has 9 nitrogen and oxygen atoms in total. The molecule has 0 bridgehead atoms. The molecule has 1 aliphatic rings. The molecule has 0 unspecified atom stereocenters. The summed E-state index contributed by atoms with van der Waals surface area (Å²) in [7, 11) is 1.56. The Hall–Kier alpha value is -3.18. The Morgan fingerprint density at radius 1 is 1.23 bits per heavy atom. The number of rotatable bonds is 8. The lowest BCUT2D eigenvalue weighted by molar-refractivity contribution is 0.0827. The van der Waals surface area contributed by atoms with E-state index in [2.05, 4.69) is 31.2 Å². The largest absolute Gasteiger partial charge is 0.493 e. The van der Waals surface area contributed by atoms with Crippen LogP contribution in [0.1, 0.15) is 12.8 Å². The fourth-order valence-electron chi connectivity index (χ4n) is 3.88. The summed E-state index contributed by atoms with van der Waals surface area (Å²) >= 11 is 3.26. The molecule has 0 spiro atoms. The lowest BCUT2D eigenvalue weighted by atomic mass is 9.98. The molecule has 0 saturated carbocycles. The van der Waals surface area contributed by atoms with Crippen LogP contribution in [-0.4, -0.2) is 60.9 Å². The third-order valence-corrected chi connectivity index (χ3v) is 6.29. The zero-order chi connectivity index (χ0) is 24.8. The fraction of sp³-hybridized carbons (Fsp3) is 0.375. The van der Waals surface area contributed by atoms with Crippen LogP contribution in [0.2, 0.25) is 0 Å². The summed E-state index contributed by atoms with van der Waals surface area (Å²) in [5, 5.41) is 3.70. The first-order valence-corrected chi connectivity index (χ1v) is 12.1. The summed E-state index contributed by atoms with van der Waals surface area (Å²) in [6, 6.07) is 8.32. The Kier molecular flexibility index (Phi) is 8.19. The molecule has 0 atom stereocenters. The normalized spacial score (nSPS) is 14.1. The van der Waals surface area contributed by atoms with E-state index in [0.29, 0.717) is 64.6 Å². The summed E-state index contributed by atoms with van der Waals surface area (Å²) in [6.45, 7) is 2.24. The van der Waals surface area contributed by atoms with Gasteiger partial charge in [-0.15, -0.1) is 0 Å². The number of halogens is 2. The Labute approximate surface area is 210 Å². The van der Waals surface area contributed by atoms with E-state index >= 15 is 0 Å². The average Bonchev–Trinajstić information content (AvgIpc) is 2.87. The van der Waals surface area contributed by atoms with Crippen molar-refractivity contribution in [1.82, 2.24) is 14.9 Å².